The Labute approximate surface area is 164 Å². The van der Waals surface area contributed by atoms with E-state index in [-0.39, 0.29) is 5.91 Å². The molecule has 0 fully saturated rings. The molecule has 1 aromatic carbocycles. The van der Waals surface area contributed by atoms with Crippen molar-refractivity contribution in [2.24, 2.45) is 0 Å². The predicted molar refractivity (Wildman–Crippen MR) is 106 cm³/mol. The summed E-state index contributed by atoms with van der Waals surface area (Å²) in [6.45, 7) is 2.17. The molecular weight excluding hydrogens is 405 g/mol. The highest BCUT2D eigenvalue weighted by Gasteiger charge is 2.11. The summed E-state index contributed by atoms with van der Waals surface area (Å²) in [5, 5.41) is 11.9. The van der Waals surface area contributed by atoms with Crippen molar-refractivity contribution in [3.8, 4) is 0 Å². The van der Waals surface area contributed by atoms with Crippen molar-refractivity contribution in [2.45, 2.75) is 34.9 Å². The molecule has 2 rings (SSSR count). The fourth-order valence-corrected chi connectivity index (χ4v) is 5.34. The molecule has 24 heavy (non-hydrogen) atoms. The van der Waals surface area contributed by atoms with Crippen LogP contribution >= 0.6 is 58.1 Å². The second kappa shape index (κ2) is 10.5. The average molecular weight is 422 g/mol. The van der Waals surface area contributed by atoms with Crippen LogP contribution in [0.3, 0.4) is 0 Å². The second-order valence-electron chi connectivity index (χ2n) is 4.78. The molecule has 0 aliphatic carbocycles. The summed E-state index contributed by atoms with van der Waals surface area (Å²) in [4.78, 5) is 12.0. The molecule has 0 saturated carbocycles. The van der Waals surface area contributed by atoms with Gasteiger partial charge < -0.3 is 5.32 Å². The molecule has 0 unspecified atom stereocenters. The number of rotatable bonds is 9. The van der Waals surface area contributed by atoms with Gasteiger partial charge in [0.1, 0.15) is 0 Å². The highest BCUT2D eigenvalue weighted by atomic mass is 35.5. The zero-order valence-corrected chi connectivity index (χ0v) is 17.0. The van der Waals surface area contributed by atoms with E-state index in [2.05, 4.69) is 22.4 Å². The summed E-state index contributed by atoms with van der Waals surface area (Å²) in [6, 6.07) is 5.12. The molecule has 4 nitrogen and oxygen atoms in total. The van der Waals surface area contributed by atoms with E-state index in [0.717, 1.165) is 14.4 Å². The quantitative estimate of drug-likeness (QED) is 0.405. The smallest absolute Gasteiger partial charge is 0.225 e. The molecule has 0 aliphatic heterocycles. The van der Waals surface area contributed by atoms with Gasteiger partial charge in [0, 0.05) is 17.9 Å². The normalized spacial score (nSPS) is 10.8. The number of nitrogens with zero attached hydrogens (tertiary/aromatic N) is 2. The van der Waals surface area contributed by atoms with E-state index in [1.165, 1.54) is 24.6 Å². The van der Waals surface area contributed by atoms with E-state index in [9.17, 15) is 4.79 Å². The molecule has 0 aliphatic rings. The first kappa shape index (κ1) is 19.8. The van der Waals surface area contributed by atoms with Gasteiger partial charge in [-0.15, -0.1) is 10.2 Å². The van der Waals surface area contributed by atoms with E-state index in [1.54, 1.807) is 41.3 Å². The number of unbranched alkanes of at least 4 members (excludes halogenated alkanes) is 1. The Hall–Kier alpha value is -0.470. The maximum Gasteiger partial charge on any atom is 0.225 e. The third-order valence-corrected chi connectivity index (χ3v) is 6.80. The Morgan fingerprint density at radius 1 is 1.17 bits per heavy atom. The summed E-state index contributed by atoms with van der Waals surface area (Å²) >= 11 is 16.9. The van der Waals surface area contributed by atoms with Crippen LogP contribution in [0.25, 0.3) is 0 Å². The van der Waals surface area contributed by atoms with Crippen LogP contribution in [0.4, 0.5) is 5.69 Å². The van der Waals surface area contributed by atoms with Crippen LogP contribution in [0.2, 0.25) is 10.0 Å². The minimum Gasteiger partial charge on any atom is -0.324 e. The number of amides is 1. The summed E-state index contributed by atoms with van der Waals surface area (Å²) in [7, 11) is 0. The Morgan fingerprint density at radius 3 is 2.42 bits per heavy atom. The van der Waals surface area contributed by atoms with Gasteiger partial charge >= 0.3 is 0 Å². The predicted octanol–water partition coefficient (Wildman–Crippen LogP) is 5.86. The summed E-state index contributed by atoms with van der Waals surface area (Å²) in [6.07, 6.45) is 2.71. The van der Waals surface area contributed by atoms with Gasteiger partial charge in [-0.2, -0.15) is 0 Å². The Morgan fingerprint density at radius 2 is 1.79 bits per heavy atom. The van der Waals surface area contributed by atoms with Crippen LogP contribution in [0.5, 0.6) is 0 Å². The second-order valence-corrected chi connectivity index (χ2v) is 9.26. The minimum absolute atomic E-state index is 0.125. The van der Waals surface area contributed by atoms with Crippen LogP contribution in [0.15, 0.2) is 26.9 Å². The third kappa shape index (κ3) is 6.44. The molecular formula is C15H17Cl2N3OS3. The summed E-state index contributed by atoms with van der Waals surface area (Å²) in [5.74, 6) is 1.57. The number of benzene rings is 1. The highest BCUT2D eigenvalue weighted by Crippen LogP contribution is 2.31. The Kier molecular flexibility index (Phi) is 8.69. The van der Waals surface area contributed by atoms with Crippen molar-refractivity contribution in [2.75, 3.05) is 16.8 Å². The number of carbonyl (C=O) groups excluding carboxylic acids is 1. The van der Waals surface area contributed by atoms with Gasteiger partial charge in [-0.05, 0) is 18.6 Å². The minimum atomic E-state index is -0.125. The van der Waals surface area contributed by atoms with Crippen molar-refractivity contribution in [3.63, 3.8) is 0 Å². The first-order chi connectivity index (χ1) is 11.6. The lowest BCUT2D eigenvalue weighted by atomic mass is 10.3. The van der Waals surface area contributed by atoms with Gasteiger partial charge in [0.15, 0.2) is 8.68 Å². The molecule has 1 aromatic heterocycles. The van der Waals surface area contributed by atoms with E-state index < -0.39 is 0 Å². The number of hydrogen-bond donors (Lipinski definition) is 1. The van der Waals surface area contributed by atoms with E-state index >= 15 is 0 Å². The standard InChI is InChI=1S/C15H17Cl2N3OS3/c1-2-3-8-22-14-19-20-15(24-14)23-9-7-12(21)18-13-10(16)5-4-6-11(13)17/h4-6H,2-3,7-9H2,1H3,(H,18,21). The van der Waals surface area contributed by atoms with E-state index in [4.69, 9.17) is 23.2 Å². The number of carbonyl (C=O) groups is 1. The number of halogens is 2. The van der Waals surface area contributed by atoms with E-state index in [1.807, 2.05) is 0 Å². The molecule has 130 valence electrons. The van der Waals surface area contributed by atoms with Crippen molar-refractivity contribution in [3.05, 3.63) is 28.2 Å². The van der Waals surface area contributed by atoms with Gasteiger partial charge in [0.25, 0.3) is 0 Å². The first-order valence-electron chi connectivity index (χ1n) is 7.43. The third-order valence-electron chi connectivity index (χ3n) is 2.89. The van der Waals surface area contributed by atoms with E-state index in [0.29, 0.717) is 27.9 Å². The number of hydrogen-bond acceptors (Lipinski definition) is 6. The molecule has 1 heterocycles. The number of anilines is 1. The summed E-state index contributed by atoms with van der Waals surface area (Å²) < 4.78 is 1.87. The SMILES string of the molecule is CCCCSc1nnc(SCCC(=O)Nc2c(Cl)cccc2Cl)s1. The van der Waals surface area contributed by atoms with Crippen molar-refractivity contribution < 1.29 is 4.79 Å². The molecule has 2 aromatic rings. The maximum atomic E-state index is 12.0. The molecule has 0 radical (unpaired) electrons. The molecule has 0 atom stereocenters. The highest BCUT2D eigenvalue weighted by molar-refractivity contribution is 8.03. The zero-order valence-electron chi connectivity index (χ0n) is 13.1. The van der Waals surface area contributed by atoms with Crippen molar-refractivity contribution in [1.82, 2.24) is 10.2 Å². The van der Waals surface area contributed by atoms with Crippen LogP contribution in [-0.4, -0.2) is 27.6 Å². The van der Waals surface area contributed by atoms with Gasteiger partial charge in [-0.1, -0.05) is 77.5 Å². The van der Waals surface area contributed by atoms with Gasteiger partial charge in [-0.25, -0.2) is 0 Å². The molecule has 0 saturated heterocycles. The zero-order chi connectivity index (χ0) is 17.4. The van der Waals surface area contributed by atoms with Crippen LogP contribution in [0, 0.1) is 0 Å². The monoisotopic (exact) mass is 421 g/mol. The van der Waals surface area contributed by atoms with Crippen LogP contribution in [0.1, 0.15) is 26.2 Å². The number of para-hydroxylation sites is 1. The first-order valence-corrected chi connectivity index (χ1v) is 11.0. The van der Waals surface area contributed by atoms with Crippen molar-refractivity contribution >= 4 is 69.7 Å². The fraction of sp³-hybridized carbons (Fsp3) is 0.400. The topological polar surface area (TPSA) is 54.9 Å². The number of thioether (sulfide) groups is 2. The Balaban J connectivity index is 1.75. The lowest BCUT2D eigenvalue weighted by Crippen LogP contribution is -2.12. The number of nitrogens with one attached hydrogen (secondary N) is 1. The van der Waals surface area contributed by atoms with Crippen LogP contribution in [-0.2, 0) is 4.79 Å². The average Bonchev–Trinajstić information content (AvgIpc) is 2.99. The maximum absolute atomic E-state index is 12.0. The lowest BCUT2D eigenvalue weighted by molar-refractivity contribution is -0.115. The van der Waals surface area contributed by atoms with Gasteiger partial charge in [0.2, 0.25) is 5.91 Å². The molecule has 0 spiro atoms. The van der Waals surface area contributed by atoms with Crippen molar-refractivity contribution in [1.29, 1.82) is 0 Å². The van der Waals surface area contributed by atoms with Gasteiger partial charge in [-0.3, -0.25) is 4.79 Å². The molecule has 1 N–H and O–H groups in total. The summed E-state index contributed by atoms with van der Waals surface area (Å²) in [5.41, 5.74) is 0.460. The molecule has 1 amide bonds. The molecule has 9 heteroatoms. The number of aromatic nitrogens is 2. The fourth-order valence-electron chi connectivity index (χ4n) is 1.67. The Bertz CT molecular complexity index is 661. The largest absolute Gasteiger partial charge is 0.324 e. The molecule has 0 bridgehead atoms. The lowest BCUT2D eigenvalue weighted by Gasteiger charge is -2.08. The van der Waals surface area contributed by atoms with Crippen LogP contribution < -0.4 is 5.32 Å². The van der Waals surface area contributed by atoms with Gasteiger partial charge in [0.05, 0.1) is 15.7 Å².